The summed E-state index contributed by atoms with van der Waals surface area (Å²) in [5.41, 5.74) is -1.63. The second-order valence-electron chi connectivity index (χ2n) is 8.98. The number of ether oxygens (including phenoxy) is 4. The summed E-state index contributed by atoms with van der Waals surface area (Å²) in [4.78, 5) is 15.6. The molecule has 1 aromatic heterocycles. The number of fused-ring (bicyclic) bond motifs is 1. The molecule has 0 radical (unpaired) electrons. The van der Waals surface area contributed by atoms with Crippen LogP contribution in [0.2, 0.25) is 0 Å². The van der Waals surface area contributed by atoms with E-state index >= 15 is 0 Å². The van der Waals surface area contributed by atoms with Crippen LogP contribution in [0.25, 0.3) is 0 Å². The lowest BCUT2D eigenvalue weighted by atomic mass is 9.98. The van der Waals surface area contributed by atoms with E-state index in [0.717, 1.165) is 6.07 Å². The molecule has 2 N–H and O–H groups in total. The molecule has 0 unspecified atom stereocenters. The summed E-state index contributed by atoms with van der Waals surface area (Å²) in [6.45, 7) is 9.01. The van der Waals surface area contributed by atoms with Gasteiger partial charge in [-0.2, -0.15) is 13.2 Å². The number of amides is 1. The second kappa shape index (κ2) is 8.44. The zero-order valence-electron chi connectivity index (χ0n) is 18.1. The highest BCUT2D eigenvalue weighted by Gasteiger charge is 2.52. The molecule has 3 heterocycles. The Morgan fingerprint density at radius 3 is 2.55 bits per heavy atom. The third-order valence-electron chi connectivity index (χ3n) is 4.64. The van der Waals surface area contributed by atoms with Crippen LogP contribution in [0.15, 0.2) is 18.2 Å². The molecule has 0 spiro atoms. The molecule has 31 heavy (non-hydrogen) atoms. The molecule has 0 aromatic carbocycles. The van der Waals surface area contributed by atoms with Crippen molar-refractivity contribution in [2.75, 3.05) is 18.5 Å². The second-order valence-corrected chi connectivity index (χ2v) is 8.98. The zero-order chi connectivity index (χ0) is 23.0. The summed E-state index contributed by atoms with van der Waals surface area (Å²) < 4.78 is 61.9. The van der Waals surface area contributed by atoms with Gasteiger partial charge >= 0.3 is 12.3 Å². The van der Waals surface area contributed by atoms with Crippen LogP contribution < -0.4 is 10.6 Å². The molecule has 4 atom stereocenters. The maximum atomic E-state index is 13.0. The fraction of sp³-hybridized carbons (Fsp3) is 0.700. The van der Waals surface area contributed by atoms with Crippen LogP contribution in [0.1, 0.15) is 40.3 Å². The maximum absolute atomic E-state index is 13.0. The summed E-state index contributed by atoms with van der Waals surface area (Å²) >= 11 is 0. The third kappa shape index (κ3) is 6.20. The number of carbonyl (C=O) groups excluding carboxylic acids is 1. The molecule has 2 saturated heterocycles. The molecule has 3 rings (SSSR count). The summed E-state index contributed by atoms with van der Waals surface area (Å²) in [6, 6.07) is 3.13. The van der Waals surface area contributed by atoms with E-state index in [1.165, 1.54) is 12.1 Å². The van der Waals surface area contributed by atoms with E-state index in [2.05, 4.69) is 15.6 Å². The van der Waals surface area contributed by atoms with Gasteiger partial charge in [0.2, 0.25) is 0 Å². The van der Waals surface area contributed by atoms with E-state index < -0.39 is 53.7 Å². The molecule has 2 fully saturated rings. The van der Waals surface area contributed by atoms with Crippen LogP contribution in [0, 0.1) is 0 Å². The molecule has 1 aromatic rings. The number of pyridine rings is 1. The minimum absolute atomic E-state index is 0.0563. The number of alkyl carbamates (subject to hydrolysis) is 1. The summed E-state index contributed by atoms with van der Waals surface area (Å²) in [6.07, 6.45) is -6.73. The Morgan fingerprint density at radius 1 is 1.23 bits per heavy atom. The first kappa shape index (κ1) is 23.6. The Hall–Kier alpha value is -2.11. The zero-order valence-corrected chi connectivity index (χ0v) is 18.1. The lowest BCUT2D eigenvalue weighted by molar-refractivity contribution is -0.153. The average Bonchev–Trinajstić information content (AvgIpc) is 2.95. The van der Waals surface area contributed by atoms with Gasteiger partial charge in [0.1, 0.15) is 35.4 Å². The molecular weight excluding hydrogens is 419 g/mol. The predicted octanol–water partition coefficient (Wildman–Crippen LogP) is 3.32. The normalized spacial score (nSPS) is 28.0. The number of alkyl halides is 3. The lowest BCUT2D eigenvalue weighted by Gasteiger charge is -2.37. The fourth-order valence-electron chi connectivity index (χ4n) is 3.49. The molecule has 2 aliphatic rings. The Labute approximate surface area is 178 Å². The number of nitrogens with zero attached hydrogens (tertiary/aromatic N) is 1. The largest absolute Gasteiger partial charge is 0.444 e. The van der Waals surface area contributed by atoms with E-state index in [0.29, 0.717) is 0 Å². The van der Waals surface area contributed by atoms with E-state index in [1.807, 2.05) is 0 Å². The van der Waals surface area contributed by atoms with Crippen molar-refractivity contribution >= 4 is 11.9 Å². The number of anilines is 1. The van der Waals surface area contributed by atoms with Crippen molar-refractivity contribution in [1.29, 1.82) is 0 Å². The molecule has 174 valence electrons. The molecule has 8 nitrogen and oxygen atoms in total. The highest BCUT2D eigenvalue weighted by Crippen LogP contribution is 2.36. The molecule has 1 amide bonds. The summed E-state index contributed by atoms with van der Waals surface area (Å²) in [7, 11) is 0. The number of carbonyl (C=O) groups is 1. The minimum Gasteiger partial charge on any atom is -0.444 e. The van der Waals surface area contributed by atoms with Crippen LogP contribution in [0.3, 0.4) is 0 Å². The van der Waals surface area contributed by atoms with Crippen molar-refractivity contribution in [1.82, 2.24) is 10.3 Å². The van der Waals surface area contributed by atoms with Crippen LogP contribution in [-0.4, -0.2) is 60.0 Å². The SMILES string of the molecule is CC(C)(C)OC(=O)NC[C@H]1OC[C@H](Nc2cccc(C(F)(F)F)n2)[C@H]2OC(C)(C)O[C@H]21. The van der Waals surface area contributed by atoms with Crippen LogP contribution in [0.4, 0.5) is 23.8 Å². The van der Waals surface area contributed by atoms with Crippen LogP contribution in [-0.2, 0) is 25.1 Å². The Morgan fingerprint density at radius 2 is 1.90 bits per heavy atom. The van der Waals surface area contributed by atoms with E-state index in [-0.39, 0.29) is 19.0 Å². The first-order valence-corrected chi connectivity index (χ1v) is 9.98. The van der Waals surface area contributed by atoms with Crippen molar-refractivity contribution in [3.63, 3.8) is 0 Å². The van der Waals surface area contributed by atoms with Crippen molar-refractivity contribution in [3.8, 4) is 0 Å². The van der Waals surface area contributed by atoms with E-state index in [9.17, 15) is 18.0 Å². The van der Waals surface area contributed by atoms with Gasteiger partial charge in [0.25, 0.3) is 0 Å². The Bertz CT molecular complexity index is 797. The van der Waals surface area contributed by atoms with Gasteiger partial charge in [-0.25, -0.2) is 9.78 Å². The third-order valence-corrected chi connectivity index (χ3v) is 4.64. The molecule has 2 aliphatic heterocycles. The number of rotatable bonds is 4. The monoisotopic (exact) mass is 447 g/mol. The smallest absolute Gasteiger partial charge is 0.433 e. The number of hydrogen-bond donors (Lipinski definition) is 2. The van der Waals surface area contributed by atoms with Crippen molar-refractivity contribution in [2.24, 2.45) is 0 Å². The molecular formula is C20H28F3N3O5. The van der Waals surface area contributed by atoms with Crippen molar-refractivity contribution in [3.05, 3.63) is 23.9 Å². The topological polar surface area (TPSA) is 90.9 Å². The van der Waals surface area contributed by atoms with E-state index in [4.69, 9.17) is 18.9 Å². The van der Waals surface area contributed by atoms with Crippen molar-refractivity contribution < 1.29 is 36.9 Å². The molecule has 0 bridgehead atoms. The summed E-state index contributed by atoms with van der Waals surface area (Å²) in [5, 5.41) is 5.62. The quantitative estimate of drug-likeness (QED) is 0.732. The lowest BCUT2D eigenvalue weighted by Crippen LogP contribution is -2.57. The van der Waals surface area contributed by atoms with Crippen molar-refractivity contribution in [2.45, 2.75) is 76.5 Å². The van der Waals surface area contributed by atoms with Gasteiger partial charge in [0.15, 0.2) is 5.79 Å². The number of halogens is 3. The van der Waals surface area contributed by atoms with Crippen LogP contribution in [0.5, 0.6) is 0 Å². The standard InChI is InChI=1S/C20H28F3N3O5/c1-18(2,3)31-17(27)24-9-12-16-15(29-19(4,5)30-16)11(10-28-12)25-14-8-6-7-13(26-14)20(21,22)23/h6-8,11-12,15-16H,9-10H2,1-5H3,(H,24,27)(H,25,26)/t11-,12+,15+,16-/m0/s1. The van der Waals surface area contributed by atoms with Gasteiger partial charge in [-0.05, 0) is 46.8 Å². The number of nitrogens with one attached hydrogen (secondary N) is 2. The minimum atomic E-state index is -4.54. The van der Waals surface area contributed by atoms with Gasteiger partial charge in [0, 0.05) is 6.54 Å². The number of aromatic nitrogens is 1. The Kier molecular flexibility index (Phi) is 6.41. The molecule has 0 aliphatic carbocycles. The van der Waals surface area contributed by atoms with Gasteiger partial charge in [-0.1, -0.05) is 6.07 Å². The average molecular weight is 447 g/mol. The van der Waals surface area contributed by atoms with Gasteiger partial charge in [0.05, 0.1) is 12.6 Å². The predicted molar refractivity (Wildman–Crippen MR) is 104 cm³/mol. The molecule has 0 saturated carbocycles. The molecule has 11 heteroatoms. The van der Waals surface area contributed by atoms with Gasteiger partial charge in [-0.3, -0.25) is 0 Å². The van der Waals surface area contributed by atoms with E-state index in [1.54, 1.807) is 34.6 Å². The highest BCUT2D eigenvalue weighted by molar-refractivity contribution is 5.67. The van der Waals surface area contributed by atoms with Crippen LogP contribution >= 0.6 is 0 Å². The highest BCUT2D eigenvalue weighted by atomic mass is 19.4. The number of hydrogen-bond acceptors (Lipinski definition) is 7. The first-order valence-electron chi connectivity index (χ1n) is 9.98. The van der Waals surface area contributed by atoms with Gasteiger partial charge < -0.3 is 29.6 Å². The summed E-state index contributed by atoms with van der Waals surface area (Å²) in [5.74, 6) is -0.866. The Balaban J connectivity index is 1.68. The van der Waals surface area contributed by atoms with Gasteiger partial charge in [-0.15, -0.1) is 0 Å². The first-order chi connectivity index (χ1) is 14.2. The maximum Gasteiger partial charge on any atom is 0.433 e. The fourth-order valence-corrected chi connectivity index (χ4v) is 3.49.